The molecule has 0 atom stereocenters. The maximum atomic E-state index is 12.4. The Kier molecular flexibility index (Phi) is 31.2. The second kappa shape index (κ2) is 30.5. The van der Waals surface area contributed by atoms with Crippen LogP contribution >= 0.6 is 15.8 Å². The first-order valence-electron chi connectivity index (χ1n) is 25.9. The van der Waals surface area contributed by atoms with Gasteiger partial charge in [-0.2, -0.15) is 12.4 Å². The van der Waals surface area contributed by atoms with Crippen molar-refractivity contribution in [2.24, 2.45) is 0 Å². The monoisotopic (exact) mass is 1130 g/mol. The summed E-state index contributed by atoms with van der Waals surface area (Å²) in [6.45, 7) is 41.6. The fourth-order valence-corrected chi connectivity index (χ4v) is 15.0. The zero-order valence-corrected chi connectivity index (χ0v) is 54.3. The molecular formula is C56H110N2O10P2Tc. The smallest absolute Gasteiger partial charge is 0.191 e. The Morgan fingerprint density at radius 1 is 0.394 bits per heavy atom. The van der Waals surface area contributed by atoms with Gasteiger partial charge < -0.3 is 48.5 Å². The summed E-state index contributed by atoms with van der Waals surface area (Å²) in [5.74, 6) is -0.0778. The fourth-order valence-electron chi connectivity index (χ4n) is 7.76. The van der Waals surface area contributed by atoms with E-state index in [1.54, 1.807) is 40.1 Å². The van der Waals surface area contributed by atoms with Gasteiger partial charge in [0.25, 0.3) is 0 Å². The Morgan fingerprint density at radius 3 is 0.718 bits per heavy atom. The third-order valence-corrected chi connectivity index (χ3v) is 20.2. The minimum atomic E-state index is -0.819. The van der Waals surface area contributed by atoms with Crippen LogP contribution in [0.3, 0.4) is 0 Å². The van der Waals surface area contributed by atoms with Crippen molar-refractivity contribution in [3.05, 3.63) is 34.2 Å². The summed E-state index contributed by atoms with van der Waals surface area (Å²) in [5.41, 5.74) is -1.85. The molecule has 0 spiro atoms. The standard InChI is InChI=1S/C20H32N2O4.2C18H39O3P.Tc/c1-17(2)13(15(23)19(5,6)25-17)11-21-9-10-22-12-14-16(24)20(7,8)26-18(14,3)4;2*1-16(2,19-7)10-13-22(14-11-17(3,4)20-8)15-12-18(5,6)21-9;/h11-12H,9-10H2,1-8H3,(H2,21,22,23,24);2*10-15H2,1-9H3;/i;;;1+1. The van der Waals surface area contributed by atoms with Gasteiger partial charge in [-0.15, -0.1) is 13.1 Å². The number of nitrogens with zero attached hydrogens (tertiary/aromatic N) is 2. The van der Waals surface area contributed by atoms with Crippen molar-refractivity contribution in [1.82, 2.24) is 0 Å². The van der Waals surface area contributed by atoms with Gasteiger partial charge >= 0.3 is 0 Å². The molecule has 0 amide bonds. The molecule has 0 aromatic carbocycles. The number of rotatable bonds is 29. The molecule has 1 radical (unpaired) electrons. The molecule has 2 saturated heterocycles. The molecule has 12 nitrogen and oxygen atoms in total. The van der Waals surface area contributed by atoms with Crippen molar-refractivity contribution in [1.29, 1.82) is 0 Å². The predicted octanol–water partition coefficient (Wildman–Crippen LogP) is 13.1. The van der Waals surface area contributed by atoms with Crippen molar-refractivity contribution in [3.8, 4) is 0 Å². The number of carbonyl (C=O) groups excluding carboxylic acids is 2. The maximum Gasteiger partial charge on any atom is 0.191 e. The molecule has 2 fully saturated rings. The van der Waals surface area contributed by atoms with Crippen LogP contribution in [-0.2, 0) is 67.6 Å². The summed E-state index contributed by atoms with van der Waals surface area (Å²) in [7, 11) is 10.1. The van der Waals surface area contributed by atoms with Crippen LogP contribution in [0.1, 0.15) is 177 Å². The maximum absolute atomic E-state index is 12.4. The van der Waals surface area contributed by atoms with E-state index in [1.165, 1.54) is 37.0 Å². The van der Waals surface area contributed by atoms with Crippen LogP contribution in [-0.4, -0.2) is 160 Å². The van der Waals surface area contributed by atoms with Crippen molar-refractivity contribution in [3.63, 3.8) is 0 Å². The average Bonchev–Trinajstić information content (AvgIpc) is 3.52. The molecule has 0 aliphatic carbocycles. The van der Waals surface area contributed by atoms with E-state index in [1.807, 2.05) is 70.4 Å². The average molecular weight is 1130 g/mol. The zero-order valence-electron chi connectivity index (χ0n) is 50.4. The van der Waals surface area contributed by atoms with E-state index >= 15 is 0 Å². The molecule has 2 heterocycles. The number of Topliss-reactive ketones (excluding diaryl/α,β-unsaturated/α-hetero) is 2. The Labute approximate surface area is 452 Å². The van der Waals surface area contributed by atoms with E-state index in [-0.39, 0.29) is 65.3 Å². The van der Waals surface area contributed by atoms with E-state index < -0.39 is 38.2 Å². The van der Waals surface area contributed by atoms with Gasteiger partial charge in [-0.05, 0) is 138 Å². The molecule has 0 N–H and O–H groups in total. The van der Waals surface area contributed by atoms with Crippen LogP contribution in [0.5, 0.6) is 0 Å². The predicted molar refractivity (Wildman–Crippen MR) is 301 cm³/mol. The largest absolute Gasteiger partial charge is 0.691 e. The van der Waals surface area contributed by atoms with E-state index in [0.29, 0.717) is 24.2 Å². The Balaban J connectivity index is 0. The first-order chi connectivity index (χ1) is 31.6. The number of carbonyl (C=O) groups is 2. The van der Waals surface area contributed by atoms with Crippen molar-refractivity contribution < 1.29 is 67.6 Å². The van der Waals surface area contributed by atoms with Crippen molar-refractivity contribution in [2.45, 2.75) is 233 Å². The summed E-state index contributed by atoms with van der Waals surface area (Å²) in [4.78, 5) is 24.7. The SMILES string of the molecule is CC1(C)OC(C)(C)/C(=C/[N-]CC[N-]/C=C2\C(=O)C(C)(C)OC2(C)C)C1=O.COC(C)(C)CC[PH+](CCC(C)(C)OC)CCC(C)(C)OC.COC(C)(C)CC[PH+](CCC(C)(C)OC)CCC(C)(C)OC.[99Tc]. The van der Waals surface area contributed by atoms with Crippen LogP contribution in [0.4, 0.5) is 0 Å². The first kappa shape index (κ1) is 72.7. The first-order valence-corrected chi connectivity index (χ1v) is 30.1. The molecule has 0 unspecified atom stereocenters. The summed E-state index contributed by atoms with van der Waals surface area (Å²) >= 11 is 0. The molecule has 0 saturated carbocycles. The Bertz CT molecular complexity index is 1430. The fraction of sp³-hybridized carbons (Fsp3) is 0.893. The van der Waals surface area contributed by atoms with Crippen LogP contribution in [0.2, 0.25) is 0 Å². The van der Waals surface area contributed by atoms with Gasteiger partial charge in [0.05, 0.1) is 81.8 Å². The van der Waals surface area contributed by atoms with E-state index in [9.17, 15) is 9.59 Å². The minimum Gasteiger partial charge on any atom is -0.691 e. The number of hydrogen-bond donors (Lipinski definition) is 0. The van der Waals surface area contributed by atoms with E-state index in [0.717, 1.165) is 38.5 Å². The number of hydrogen-bond acceptors (Lipinski definition) is 10. The van der Waals surface area contributed by atoms with Crippen molar-refractivity contribution >= 4 is 27.4 Å². The summed E-state index contributed by atoms with van der Waals surface area (Å²) in [6.07, 6.45) is 17.8. The summed E-state index contributed by atoms with van der Waals surface area (Å²) in [5, 5.41) is 8.62. The van der Waals surface area contributed by atoms with Crippen molar-refractivity contribution in [2.75, 3.05) is 92.7 Å². The van der Waals surface area contributed by atoms with E-state index in [2.05, 4.69) is 93.7 Å². The second-order valence-electron chi connectivity index (χ2n) is 25.1. The zero-order chi connectivity index (χ0) is 54.8. The molecule has 15 heteroatoms. The molecule has 2 aliphatic rings. The molecule has 0 aromatic rings. The number of methoxy groups -OCH3 is 6. The van der Waals surface area contributed by atoms with Gasteiger partial charge in [0.2, 0.25) is 0 Å². The molecular weight excluding hydrogens is 1020 g/mol. The quantitative estimate of drug-likeness (QED) is 0.0404. The molecule has 2 rings (SSSR count). The van der Waals surface area contributed by atoms with Crippen LogP contribution in [0, 0.1) is 0 Å². The topological polar surface area (TPSA) is 136 Å². The van der Waals surface area contributed by atoms with Gasteiger partial charge in [0.1, 0.15) is 11.2 Å². The Hall–Kier alpha value is -0.391. The third-order valence-electron chi connectivity index (χ3n) is 14.5. The molecule has 0 bridgehead atoms. The van der Waals surface area contributed by atoms with Crippen LogP contribution < -0.4 is 0 Å². The Morgan fingerprint density at radius 2 is 0.577 bits per heavy atom. The molecule has 71 heavy (non-hydrogen) atoms. The second-order valence-corrected chi connectivity index (χ2v) is 31.1. The normalized spacial score (nSPS) is 19.2. The molecule has 2 aliphatic heterocycles. The van der Waals surface area contributed by atoms with E-state index in [4.69, 9.17) is 37.9 Å². The molecule has 421 valence electrons. The summed E-state index contributed by atoms with van der Waals surface area (Å²) < 4.78 is 45.1. The van der Waals surface area contributed by atoms with Crippen LogP contribution in [0.15, 0.2) is 23.5 Å². The number of ether oxygens (including phenoxy) is 8. The molecule has 0 aromatic heterocycles. The van der Waals surface area contributed by atoms with Gasteiger partial charge in [0, 0.05) is 128 Å². The third kappa shape index (κ3) is 28.0. The summed E-state index contributed by atoms with van der Waals surface area (Å²) in [6, 6.07) is 0. The number of ketones is 2. The van der Waals surface area contributed by atoms with Gasteiger partial charge in [-0.1, -0.05) is 0 Å². The van der Waals surface area contributed by atoms with Gasteiger partial charge in [-0.25, -0.2) is 0 Å². The van der Waals surface area contributed by atoms with Gasteiger partial charge in [-0.3, -0.25) is 9.59 Å². The van der Waals surface area contributed by atoms with Gasteiger partial charge in [0.15, 0.2) is 11.6 Å². The van der Waals surface area contributed by atoms with Crippen LogP contribution in [0.25, 0.3) is 10.6 Å². The minimum absolute atomic E-state index is 0.